The highest BCUT2D eigenvalue weighted by molar-refractivity contribution is 5.34. The summed E-state index contributed by atoms with van der Waals surface area (Å²) in [7, 11) is 0. The summed E-state index contributed by atoms with van der Waals surface area (Å²) in [4.78, 5) is 7.02. The number of aromatic nitrogens is 1. The molecule has 2 rings (SSSR count). The Hall–Kier alpha value is -1.17. The van der Waals surface area contributed by atoms with Gasteiger partial charge in [0.05, 0.1) is 25.0 Å². The quantitative estimate of drug-likeness (QED) is 0.792. The maximum atomic E-state index is 8.76. The Morgan fingerprint density at radius 1 is 1.40 bits per heavy atom. The Morgan fingerprint density at radius 2 is 2.20 bits per heavy atom. The summed E-state index contributed by atoms with van der Waals surface area (Å²) in [6, 6.07) is 6.13. The fraction of sp³-hybridized carbons (Fsp3) is 0.667. The number of nitrogens with zero attached hydrogens (tertiary/aromatic N) is 2. The molecule has 0 aliphatic carbocycles. The molecule has 5 heteroatoms. The Balaban J connectivity index is 1.78. The highest BCUT2D eigenvalue weighted by Crippen LogP contribution is 2.16. The van der Waals surface area contributed by atoms with Crippen LogP contribution >= 0.6 is 0 Å². The van der Waals surface area contributed by atoms with E-state index in [1.807, 2.05) is 6.07 Å². The van der Waals surface area contributed by atoms with Gasteiger partial charge in [0.1, 0.15) is 5.82 Å². The third-order valence-electron chi connectivity index (χ3n) is 3.53. The van der Waals surface area contributed by atoms with Crippen LogP contribution in [0.2, 0.25) is 0 Å². The number of nitrogens with one attached hydrogen (secondary N) is 1. The molecule has 0 unspecified atom stereocenters. The molecule has 2 heterocycles. The van der Waals surface area contributed by atoms with Gasteiger partial charge in [0.2, 0.25) is 0 Å². The molecule has 0 bridgehead atoms. The van der Waals surface area contributed by atoms with Crippen LogP contribution in [0, 0.1) is 0 Å². The number of aliphatic hydroxyl groups excluding tert-OH is 1. The third kappa shape index (κ3) is 4.74. The van der Waals surface area contributed by atoms with Crippen LogP contribution in [0.1, 0.15) is 25.5 Å². The second kappa shape index (κ2) is 8.19. The van der Waals surface area contributed by atoms with E-state index in [0.717, 1.165) is 50.5 Å². The van der Waals surface area contributed by atoms with E-state index in [1.54, 1.807) is 0 Å². The number of rotatable bonds is 7. The molecule has 0 aromatic carbocycles. The second-order valence-corrected chi connectivity index (χ2v) is 5.11. The summed E-state index contributed by atoms with van der Waals surface area (Å²) >= 11 is 0. The summed E-state index contributed by atoms with van der Waals surface area (Å²) in [6.07, 6.45) is 2.37. The van der Waals surface area contributed by atoms with Crippen molar-refractivity contribution in [2.45, 2.75) is 32.4 Å². The average Bonchev–Trinajstić information content (AvgIpc) is 2.47. The van der Waals surface area contributed by atoms with Gasteiger partial charge in [-0.3, -0.25) is 4.90 Å². The zero-order valence-corrected chi connectivity index (χ0v) is 12.2. The molecule has 1 aromatic heterocycles. The van der Waals surface area contributed by atoms with Crippen molar-refractivity contribution in [3.8, 4) is 0 Å². The lowest BCUT2D eigenvalue weighted by molar-refractivity contribution is -0.00918. The number of likely N-dealkylation sites (tertiary alicyclic amines) is 1. The summed E-state index contributed by atoms with van der Waals surface area (Å²) < 4.78 is 5.58. The first-order chi connectivity index (χ1) is 9.81. The van der Waals surface area contributed by atoms with Gasteiger partial charge in [0.25, 0.3) is 0 Å². The molecular weight excluding hydrogens is 254 g/mol. The number of anilines is 1. The van der Waals surface area contributed by atoms with Crippen molar-refractivity contribution < 1.29 is 9.84 Å². The van der Waals surface area contributed by atoms with Crippen molar-refractivity contribution >= 4 is 5.82 Å². The van der Waals surface area contributed by atoms with Crippen LogP contribution in [0.15, 0.2) is 18.2 Å². The topological polar surface area (TPSA) is 57.6 Å². The molecule has 1 aliphatic rings. The third-order valence-corrected chi connectivity index (χ3v) is 3.53. The average molecular weight is 279 g/mol. The highest BCUT2D eigenvalue weighted by Gasteiger charge is 2.19. The molecule has 1 aromatic rings. The Morgan fingerprint density at radius 3 is 2.90 bits per heavy atom. The molecule has 1 saturated heterocycles. The van der Waals surface area contributed by atoms with E-state index in [1.165, 1.54) is 0 Å². The Bertz CT molecular complexity index is 392. The van der Waals surface area contributed by atoms with Gasteiger partial charge in [0, 0.05) is 26.2 Å². The van der Waals surface area contributed by atoms with E-state index in [0.29, 0.717) is 12.7 Å². The van der Waals surface area contributed by atoms with Crippen LogP contribution in [-0.4, -0.2) is 53.9 Å². The van der Waals surface area contributed by atoms with Crippen molar-refractivity contribution in [3.05, 3.63) is 23.9 Å². The minimum absolute atomic E-state index is 0.112. The smallest absolute Gasteiger partial charge is 0.126 e. The molecule has 1 aliphatic heterocycles. The lowest BCUT2D eigenvalue weighted by Crippen LogP contribution is -2.37. The van der Waals surface area contributed by atoms with Crippen LogP contribution in [0.25, 0.3) is 0 Å². The highest BCUT2D eigenvalue weighted by atomic mass is 16.5. The largest absolute Gasteiger partial charge is 0.394 e. The zero-order chi connectivity index (χ0) is 14.2. The lowest BCUT2D eigenvalue weighted by atomic mass is 10.1. The Labute approximate surface area is 121 Å². The summed E-state index contributed by atoms with van der Waals surface area (Å²) in [5.41, 5.74) is 1.11. The van der Waals surface area contributed by atoms with Crippen LogP contribution in [0.3, 0.4) is 0 Å². The van der Waals surface area contributed by atoms with Gasteiger partial charge in [0.15, 0.2) is 0 Å². The lowest BCUT2D eigenvalue weighted by Gasteiger charge is -2.31. The van der Waals surface area contributed by atoms with Crippen LogP contribution in [-0.2, 0) is 11.3 Å². The molecule has 0 radical (unpaired) electrons. The maximum Gasteiger partial charge on any atom is 0.126 e. The van der Waals surface area contributed by atoms with Crippen molar-refractivity contribution in [1.29, 1.82) is 0 Å². The van der Waals surface area contributed by atoms with Gasteiger partial charge in [-0.2, -0.15) is 0 Å². The summed E-state index contributed by atoms with van der Waals surface area (Å²) in [5, 5.41) is 12.0. The van der Waals surface area contributed by atoms with E-state index < -0.39 is 0 Å². The van der Waals surface area contributed by atoms with Gasteiger partial charge >= 0.3 is 0 Å². The molecule has 0 spiro atoms. The number of aliphatic hydroxyl groups is 1. The molecule has 1 fully saturated rings. The van der Waals surface area contributed by atoms with E-state index in [2.05, 4.69) is 34.3 Å². The molecule has 0 amide bonds. The predicted octanol–water partition coefficient (Wildman–Crippen LogP) is 1.49. The minimum atomic E-state index is 0.112. The molecule has 20 heavy (non-hydrogen) atoms. The number of hydrogen-bond acceptors (Lipinski definition) is 5. The van der Waals surface area contributed by atoms with Crippen LogP contribution in [0.4, 0.5) is 5.82 Å². The molecular formula is C15H25N3O2. The fourth-order valence-corrected chi connectivity index (χ4v) is 2.53. The van der Waals surface area contributed by atoms with Crippen molar-refractivity contribution in [3.63, 3.8) is 0 Å². The van der Waals surface area contributed by atoms with E-state index >= 15 is 0 Å². The van der Waals surface area contributed by atoms with Gasteiger partial charge in [-0.25, -0.2) is 4.98 Å². The standard InChI is InChI=1S/C15H25N3O2/c1-2-16-15-5-3-4-13(17-15)12-18-8-6-14(7-9-18)20-11-10-19/h3-5,14,19H,2,6-12H2,1H3,(H,16,17). The van der Waals surface area contributed by atoms with Crippen molar-refractivity contribution in [1.82, 2.24) is 9.88 Å². The van der Waals surface area contributed by atoms with Gasteiger partial charge in [-0.05, 0) is 31.9 Å². The monoisotopic (exact) mass is 279 g/mol. The molecule has 2 N–H and O–H groups in total. The maximum absolute atomic E-state index is 8.76. The number of hydrogen-bond donors (Lipinski definition) is 2. The van der Waals surface area contributed by atoms with E-state index in [4.69, 9.17) is 9.84 Å². The fourth-order valence-electron chi connectivity index (χ4n) is 2.53. The molecule has 5 nitrogen and oxygen atoms in total. The number of piperidine rings is 1. The van der Waals surface area contributed by atoms with E-state index in [-0.39, 0.29) is 6.61 Å². The van der Waals surface area contributed by atoms with Crippen LogP contribution < -0.4 is 5.32 Å². The normalized spacial score (nSPS) is 17.3. The van der Waals surface area contributed by atoms with Gasteiger partial charge in [-0.15, -0.1) is 0 Å². The number of ether oxygens (including phenoxy) is 1. The van der Waals surface area contributed by atoms with Crippen LogP contribution in [0.5, 0.6) is 0 Å². The molecule has 0 saturated carbocycles. The number of pyridine rings is 1. The predicted molar refractivity (Wildman–Crippen MR) is 79.7 cm³/mol. The first kappa shape index (κ1) is 15.2. The van der Waals surface area contributed by atoms with E-state index in [9.17, 15) is 0 Å². The zero-order valence-electron chi connectivity index (χ0n) is 12.2. The molecule has 112 valence electrons. The minimum Gasteiger partial charge on any atom is -0.394 e. The van der Waals surface area contributed by atoms with Crippen molar-refractivity contribution in [2.24, 2.45) is 0 Å². The summed E-state index contributed by atoms with van der Waals surface area (Å²) in [5.74, 6) is 0.950. The van der Waals surface area contributed by atoms with Gasteiger partial charge in [-0.1, -0.05) is 6.07 Å². The second-order valence-electron chi connectivity index (χ2n) is 5.11. The Kier molecular flexibility index (Phi) is 6.24. The first-order valence-corrected chi connectivity index (χ1v) is 7.46. The first-order valence-electron chi connectivity index (χ1n) is 7.46. The molecule has 0 atom stereocenters. The van der Waals surface area contributed by atoms with Gasteiger partial charge < -0.3 is 15.2 Å². The summed E-state index contributed by atoms with van der Waals surface area (Å²) in [6.45, 7) is 6.49. The SMILES string of the molecule is CCNc1cccc(CN2CCC(OCCO)CC2)n1. The van der Waals surface area contributed by atoms with Crippen molar-refractivity contribution in [2.75, 3.05) is 38.2 Å².